The summed E-state index contributed by atoms with van der Waals surface area (Å²) >= 11 is 0. The first kappa shape index (κ1) is 9.37. The van der Waals surface area contributed by atoms with Gasteiger partial charge in [0.1, 0.15) is 0 Å². The maximum Gasteiger partial charge on any atom is 0.337 e. The highest BCUT2D eigenvalue weighted by molar-refractivity contribution is 5.89. The summed E-state index contributed by atoms with van der Waals surface area (Å²) in [7, 11) is 3.82. The van der Waals surface area contributed by atoms with Crippen molar-refractivity contribution in [3.8, 4) is 0 Å². The van der Waals surface area contributed by atoms with Gasteiger partial charge in [-0.15, -0.1) is 7.05 Å². The molecule has 74 valence electrons. The maximum absolute atomic E-state index is 11.8. The van der Waals surface area contributed by atoms with E-state index in [0.717, 1.165) is 24.2 Å². The molecule has 14 heavy (non-hydrogen) atoms. The molecule has 1 aromatic rings. The van der Waals surface area contributed by atoms with Crippen LogP contribution < -0.4 is 5.01 Å². The molecule has 0 saturated heterocycles. The highest BCUT2D eigenvalue weighted by atomic mass is 16.2. The Hall–Kier alpha value is -1.19. The molecule has 0 bridgehead atoms. The van der Waals surface area contributed by atoms with Crippen LogP contribution in [0.2, 0.25) is 0 Å². The monoisotopic (exact) mass is 190 g/mol. The van der Waals surface area contributed by atoms with E-state index in [1.54, 1.807) is 0 Å². The first-order chi connectivity index (χ1) is 6.74. The Bertz CT molecular complexity index is 362. The number of rotatable bonds is 1. The van der Waals surface area contributed by atoms with Crippen LogP contribution in [-0.4, -0.2) is 17.5 Å². The summed E-state index contributed by atoms with van der Waals surface area (Å²) in [6.07, 6.45) is 0. The molecule has 1 aromatic carbocycles. The number of fused-ring (bicyclic) bond motifs is 1. The van der Waals surface area contributed by atoms with Gasteiger partial charge >= 0.3 is 5.91 Å². The average molecular weight is 190 g/mol. The van der Waals surface area contributed by atoms with Gasteiger partial charge in [-0.3, -0.25) is 0 Å². The quantitative estimate of drug-likeness (QED) is 0.642. The molecule has 0 aromatic heterocycles. The van der Waals surface area contributed by atoms with Gasteiger partial charge in [0.2, 0.25) is 0 Å². The molecule has 1 aliphatic heterocycles. The first-order valence-corrected chi connectivity index (χ1v) is 4.80. The summed E-state index contributed by atoms with van der Waals surface area (Å²) < 4.78 is 0. The largest absolute Gasteiger partial charge is 0.337 e. The van der Waals surface area contributed by atoms with Crippen LogP contribution in [0, 0.1) is 7.05 Å². The van der Waals surface area contributed by atoms with Crippen molar-refractivity contribution < 1.29 is 9.80 Å². The van der Waals surface area contributed by atoms with Gasteiger partial charge in [0, 0.05) is 6.54 Å². The fourth-order valence-corrected chi connectivity index (χ4v) is 1.78. The Balaban J connectivity index is 2.42. The van der Waals surface area contributed by atoms with E-state index in [2.05, 4.69) is 7.05 Å². The molecule has 0 saturated carbocycles. The Labute approximate surface area is 83.9 Å². The molecular formula is C11H14N2O. The van der Waals surface area contributed by atoms with Crippen molar-refractivity contribution in [3.63, 3.8) is 0 Å². The Kier molecular flexibility index (Phi) is 2.35. The Morgan fingerprint density at radius 3 is 2.93 bits per heavy atom. The number of hydrogen-bond donors (Lipinski definition) is 1. The highest BCUT2D eigenvalue weighted by Crippen LogP contribution is 2.12. The van der Waals surface area contributed by atoms with Crippen LogP contribution in [0.25, 0.3) is 0 Å². The van der Waals surface area contributed by atoms with Crippen LogP contribution in [0.1, 0.15) is 22.8 Å². The number of nitrogens with zero attached hydrogens (tertiary/aromatic N) is 1. The van der Waals surface area contributed by atoms with Crippen molar-refractivity contribution in [1.82, 2.24) is 5.01 Å². The number of hydrogen-bond acceptors (Lipinski definition) is 2. The van der Waals surface area contributed by atoms with E-state index in [1.165, 1.54) is 0 Å². The van der Waals surface area contributed by atoms with Gasteiger partial charge in [-0.2, -0.15) is 5.01 Å². The molecule has 0 radical (unpaired) electrons. The van der Waals surface area contributed by atoms with Gasteiger partial charge in [0.15, 0.2) is 0 Å². The zero-order valence-corrected chi connectivity index (χ0v) is 8.29. The van der Waals surface area contributed by atoms with Crippen molar-refractivity contribution in [1.29, 1.82) is 0 Å². The normalized spacial score (nSPS) is 22.1. The molecule has 3 heteroatoms. The minimum absolute atomic E-state index is 0.0636. The average Bonchev–Trinajstić information content (AvgIpc) is 2.23. The molecule has 3 nitrogen and oxygen atoms in total. The molecule has 1 amide bonds. The number of benzene rings is 1. The molecule has 0 fully saturated rings. The van der Waals surface area contributed by atoms with E-state index in [1.807, 2.05) is 36.2 Å². The predicted molar refractivity (Wildman–Crippen MR) is 53.2 cm³/mol. The van der Waals surface area contributed by atoms with Gasteiger partial charge in [0.25, 0.3) is 0 Å². The molecular weight excluding hydrogens is 176 g/mol. The summed E-state index contributed by atoms with van der Waals surface area (Å²) in [5.41, 5.74) is 1.91. The lowest BCUT2D eigenvalue weighted by molar-refractivity contribution is -0.904. The van der Waals surface area contributed by atoms with Crippen LogP contribution in [0.5, 0.6) is 0 Å². The molecule has 1 aliphatic rings. The van der Waals surface area contributed by atoms with E-state index >= 15 is 0 Å². The van der Waals surface area contributed by atoms with E-state index in [9.17, 15) is 4.79 Å². The lowest BCUT2D eigenvalue weighted by Crippen LogP contribution is -3.16. The second kappa shape index (κ2) is 3.52. The fourth-order valence-electron chi connectivity index (χ4n) is 1.78. The van der Waals surface area contributed by atoms with Crippen LogP contribution >= 0.6 is 0 Å². The van der Waals surface area contributed by atoms with E-state index < -0.39 is 0 Å². The minimum atomic E-state index is 0.0636. The van der Waals surface area contributed by atoms with E-state index in [-0.39, 0.29) is 5.91 Å². The summed E-state index contributed by atoms with van der Waals surface area (Å²) in [4.78, 5) is 11.8. The molecule has 0 aliphatic carbocycles. The van der Waals surface area contributed by atoms with Crippen molar-refractivity contribution in [2.24, 2.45) is 0 Å². The topological polar surface area (TPSA) is 24.8 Å². The third-order valence-corrected chi connectivity index (χ3v) is 2.65. The summed E-state index contributed by atoms with van der Waals surface area (Å²) in [5, 5.41) is 2.62. The van der Waals surface area contributed by atoms with Gasteiger partial charge in [0.05, 0.1) is 12.1 Å². The number of amides is 1. The summed E-state index contributed by atoms with van der Waals surface area (Å²) in [5.74, 6) is 0.0636. The molecule has 2 rings (SSSR count). The summed E-state index contributed by atoms with van der Waals surface area (Å²) in [6.45, 7) is 3.67. The van der Waals surface area contributed by atoms with Crippen LogP contribution in [-0.2, 0) is 6.54 Å². The van der Waals surface area contributed by atoms with Crippen molar-refractivity contribution in [2.45, 2.75) is 13.5 Å². The van der Waals surface area contributed by atoms with Crippen molar-refractivity contribution >= 4 is 5.91 Å². The molecule has 0 spiro atoms. The van der Waals surface area contributed by atoms with Crippen molar-refractivity contribution in [3.05, 3.63) is 42.4 Å². The number of carbonyl (C=O) groups excluding carboxylic acids is 1. The van der Waals surface area contributed by atoms with Crippen molar-refractivity contribution in [2.75, 3.05) is 6.54 Å². The lowest BCUT2D eigenvalue weighted by Gasteiger charge is -2.35. The predicted octanol–water partition coefficient (Wildman–Crippen LogP) is 0.254. The molecule has 1 atom stereocenters. The minimum Gasteiger partial charge on any atom is -0.318 e. The Morgan fingerprint density at radius 2 is 2.21 bits per heavy atom. The third kappa shape index (κ3) is 1.35. The number of carbonyl (C=O) groups is 1. The smallest absolute Gasteiger partial charge is 0.318 e. The summed E-state index contributed by atoms with van der Waals surface area (Å²) in [6, 6.07) is 7.73. The molecule has 1 N–H and O–H groups in total. The zero-order valence-electron chi connectivity index (χ0n) is 8.29. The molecule has 1 unspecified atom stereocenters. The Morgan fingerprint density at radius 1 is 1.50 bits per heavy atom. The van der Waals surface area contributed by atoms with E-state index in [4.69, 9.17) is 0 Å². The van der Waals surface area contributed by atoms with Gasteiger partial charge < -0.3 is 5.01 Å². The third-order valence-electron chi connectivity index (χ3n) is 2.65. The number of quaternary nitrogens is 1. The van der Waals surface area contributed by atoms with Crippen LogP contribution in [0.4, 0.5) is 0 Å². The maximum atomic E-state index is 11.8. The standard InChI is InChI=1S/C11H14N2O/c1-3-13-8-9-6-4-5-7-10(9)11(14)12(13)2/h4-7,12H,2-3,8H2,1H3. The van der Waals surface area contributed by atoms with Gasteiger partial charge in [-0.05, 0) is 18.6 Å². The van der Waals surface area contributed by atoms with Crippen LogP contribution in [0.15, 0.2) is 24.3 Å². The number of nitrogens with one attached hydrogen (secondary N) is 1. The zero-order chi connectivity index (χ0) is 10.1. The first-order valence-electron chi connectivity index (χ1n) is 4.80. The highest BCUT2D eigenvalue weighted by Gasteiger charge is 2.27. The second-order valence-corrected chi connectivity index (χ2v) is 3.45. The van der Waals surface area contributed by atoms with E-state index in [0.29, 0.717) is 5.01 Å². The van der Waals surface area contributed by atoms with Crippen LogP contribution in [0.3, 0.4) is 0 Å². The van der Waals surface area contributed by atoms with Gasteiger partial charge in [-0.1, -0.05) is 18.2 Å². The fraction of sp³-hybridized carbons (Fsp3) is 0.273. The lowest BCUT2D eigenvalue weighted by atomic mass is 10.0. The molecule has 1 heterocycles. The SMILES string of the molecule is [CH2-][NH+]1C(=O)c2ccccc2CN1CC. The second-order valence-electron chi connectivity index (χ2n) is 3.45. The van der Waals surface area contributed by atoms with Gasteiger partial charge in [-0.25, -0.2) is 4.79 Å².